The molecular formula is C52H34N4. The van der Waals surface area contributed by atoms with E-state index in [2.05, 4.69) is 209 Å². The zero-order valence-electron chi connectivity index (χ0n) is 30.4. The zero-order valence-corrected chi connectivity index (χ0v) is 30.4. The van der Waals surface area contributed by atoms with Crippen molar-refractivity contribution >= 4 is 43.6 Å². The van der Waals surface area contributed by atoms with Crippen LogP contribution in [0.15, 0.2) is 206 Å². The molecule has 11 aromatic rings. The van der Waals surface area contributed by atoms with E-state index in [9.17, 15) is 0 Å². The molecule has 0 N–H and O–H groups in total. The minimum absolute atomic E-state index is 0.619. The molecule has 0 radical (unpaired) electrons. The van der Waals surface area contributed by atoms with Crippen molar-refractivity contribution in [1.29, 1.82) is 0 Å². The largest absolute Gasteiger partial charge is 0.307 e. The smallest absolute Gasteiger partial charge is 0.235 e. The molecular weight excluding hydrogens is 681 g/mol. The molecule has 0 saturated carbocycles. The quantitative estimate of drug-likeness (QED) is 0.172. The van der Waals surface area contributed by atoms with Crippen molar-refractivity contribution in [3.8, 4) is 56.4 Å². The molecule has 3 heterocycles. The van der Waals surface area contributed by atoms with E-state index >= 15 is 0 Å². The Morgan fingerprint density at radius 2 is 0.839 bits per heavy atom. The van der Waals surface area contributed by atoms with E-state index in [0.29, 0.717) is 5.95 Å². The van der Waals surface area contributed by atoms with E-state index in [-0.39, 0.29) is 0 Å². The van der Waals surface area contributed by atoms with Gasteiger partial charge in [-0.1, -0.05) is 164 Å². The normalized spacial score (nSPS) is 11.6. The fraction of sp³-hybridized carbons (Fsp3) is 0. The Morgan fingerprint density at radius 3 is 1.54 bits per heavy atom. The number of nitrogens with zero attached hydrogens (tertiary/aromatic N) is 4. The average Bonchev–Trinajstić information content (AvgIpc) is 3.81. The molecule has 0 aliphatic heterocycles. The van der Waals surface area contributed by atoms with Crippen molar-refractivity contribution in [2.75, 3.05) is 0 Å². The molecule has 0 unspecified atom stereocenters. The second kappa shape index (κ2) is 13.1. The van der Waals surface area contributed by atoms with Crippen molar-refractivity contribution < 1.29 is 0 Å². The van der Waals surface area contributed by atoms with Crippen LogP contribution in [0.5, 0.6) is 0 Å². The summed E-state index contributed by atoms with van der Waals surface area (Å²) in [7, 11) is 0. The average molecular weight is 715 g/mol. The van der Waals surface area contributed by atoms with Gasteiger partial charge in [0.25, 0.3) is 0 Å². The van der Waals surface area contributed by atoms with Gasteiger partial charge in [0, 0.05) is 38.4 Å². The van der Waals surface area contributed by atoms with Gasteiger partial charge in [-0.25, -0.2) is 9.97 Å². The van der Waals surface area contributed by atoms with Crippen LogP contribution in [0.3, 0.4) is 0 Å². The second-order valence-corrected chi connectivity index (χ2v) is 14.2. The Kier molecular flexibility index (Phi) is 7.46. The molecule has 262 valence electrons. The van der Waals surface area contributed by atoms with Crippen LogP contribution in [0.1, 0.15) is 0 Å². The molecule has 4 heteroatoms. The number of para-hydroxylation sites is 3. The van der Waals surface area contributed by atoms with Gasteiger partial charge in [0.05, 0.1) is 33.5 Å². The van der Waals surface area contributed by atoms with E-state index in [4.69, 9.17) is 9.97 Å². The molecule has 56 heavy (non-hydrogen) atoms. The van der Waals surface area contributed by atoms with Crippen LogP contribution in [0.4, 0.5) is 0 Å². The summed E-state index contributed by atoms with van der Waals surface area (Å²) in [5.74, 6) is 0.619. The third-order valence-electron chi connectivity index (χ3n) is 10.9. The first-order chi connectivity index (χ1) is 27.8. The minimum atomic E-state index is 0.619. The van der Waals surface area contributed by atoms with Gasteiger partial charge in [-0.3, -0.25) is 4.57 Å². The lowest BCUT2D eigenvalue weighted by Crippen LogP contribution is -2.05. The van der Waals surface area contributed by atoms with Gasteiger partial charge in [-0.05, 0) is 64.7 Å². The Labute approximate surface area is 324 Å². The highest BCUT2D eigenvalue weighted by Gasteiger charge is 2.26. The van der Waals surface area contributed by atoms with Gasteiger partial charge in [0.1, 0.15) is 0 Å². The van der Waals surface area contributed by atoms with Crippen LogP contribution in [0.2, 0.25) is 0 Å². The van der Waals surface area contributed by atoms with Crippen molar-refractivity contribution in [1.82, 2.24) is 19.1 Å². The van der Waals surface area contributed by atoms with Gasteiger partial charge >= 0.3 is 0 Å². The second-order valence-electron chi connectivity index (χ2n) is 14.2. The molecule has 0 aliphatic rings. The lowest BCUT2D eigenvalue weighted by Gasteiger charge is -2.15. The molecule has 8 aromatic carbocycles. The molecule has 0 saturated heterocycles. The van der Waals surface area contributed by atoms with Gasteiger partial charge in [0.15, 0.2) is 0 Å². The lowest BCUT2D eigenvalue weighted by molar-refractivity contribution is 0.995. The molecule has 11 rings (SSSR count). The maximum absolute atomic E-state index is 5.51. The number of fused-ring (bicyclic) bond motifs is 7. The molecule has 0 bridgehead atoms. The third-order valence-corrected chi connectivity index (χ3v) is 10.9. The van der Waals surface area contributed by atoms with Crippen LogP contribution in [0, 0.1) is 0 Å². The van der Waals surface area contributed by atoms with Crippen molar-refractivity contribution in [3.63, 3.8) is 0 Å². The first-order valence-corrected chi connectivity index (χ1v) is 19.0. The SMILES string of the molecule is c1ccc(-c2cccc(-c3cc(-c4ccccc4)nc(-n4c5ccccc5c5c(-c6ccccc6)cc6c7ccccc7n(-c7ccccc7)c6c54)n3)c2)cc1. The first kappa shape index (κ1) is 31.9. The number of rotatable bonds is 6. The van der Waals surface area contributed by atoms with Crippen LogP contribution >= 0.6 is 0 Å². The highest BCUT2D eigenvalue weighted by atomic mass is 15.2. The standard InChI is InChI=1S/C52H34N4/c1-5-18-35(19-6-1)38-24-17-25-39(32-38)46-34-45(37-22-9-3-10-23-37)53-52(54-46)56-48-31-16-14-29-42(48)49-43(36-20-7-2-8-21-36)33-44-41-28-13-15-30-47(41)55(50(44)51(49)56)40-26-11-4-12-27-40/h1-34H. The summed E-state index contributed by atoms with van der Waals surface area (Å²) in [6, 6.07) is 73.1. The van der Waals surface area contributed by atoms with Gasteiger partial charge in [-0.15, -0.1) is 0 Å². The number of benzene rings is 8. The fourth-order valence-corrected chi connectivity index (χ4v) is 8.42. The highest BCUT2D eigenvalue weighted by Crippen LogP contribution is 2.46. The predicted molar refractivity (Wildman–Crippen MR) is 232 cm³/mol. The summed E-state index contributed by atoms with van der Waals surface area (Å²) < 4.78 is 4.73. The van der Waals surface area contributed by atoms with Crippen LogP contribution < -0.4 is 0 Å². The Balaban J connectivity index is 1.31. The van der Waals surface area contributed by atoms with E-state index in [0.717, 1.165) is 66.8 Å². The first-order valence-electron chi connectivity index (χ1n) is 19.0. The molecule has 0 fully saturated rings. The minimum Gasteiger partial charge on any atom is -0.307 e. The summed E-state index contributed by atoms with van der Waals surface area (Å²) in [5.41, 5.74) is 13.9. The molecule has 0 spiro atoms. The third kappa shape index (κ3) is 5.15. The molecule has 3 aromatic heterocycles. The topological polar surface area (TPSA) is 35.6 Å². The Bertz CT molecular complexity index is 3220. The maximum Gasteiger partial charge on any atom is 0.235 e. The lowest BCUT2D eigenvalue weighted by atomic mass is 9.96. The van der Waals surface area contributed by atoms with Crippen molar-refractivity contribution in [3.05, 3.63) is 206 Å². The Hall–Kier alpha value is -7.56. The van der Waals surface area contributed by atoms with Crippen LogP contribution in [-0.4, -0.2) is 19.1 Å². The van der Waals surface area contributed by atoms with E-state index < -0.39 is 0 Å². The van der Waals surface area contributed by atoms with Gasteiger partial charge < -0.3 is 4.57 Å². The summed E-state index contributed by atoms with van der Waals surface area (Å²) in [5, 5.41) is 4.68. The summed E-state index contributed by atoms with van der Waals surface area (Å²) in [6.07, 6.45) is 0. The summed E-state index contributed by atoms with van der Waals surface area (Å²) in [6.45, 7) is 0. The van der Waals surface area contributed by atoms with Crippen molar-refractivity contribution in [2.45, 2.75) is 0 Å². The Morgan fingerprint density at radius 1 is 0.321 bits per heavy atom. The maximum atomic E-state index is 5.51. The summed E-state index contributed by atoms with van der Waals surface area (Å²) in [4.78, 5) is 11.0. The molecule has 0 aliphatic carbocycles. The highest BCUT2D eigenvalue weighted by molar-refractivity contribution is 6.28. The molecule has 4 nitrogen and oxygen atoms in total. The summed E-state index contributed by atoms with van der Waals surface area (Å²) >= 11 is 0. The number of hydrogen-bond acceptors (Lipinski definition) is 2. The number of aromatic nitrogens is 4. The van der Waals surface area contributed by atoms with Crippen LogP contribution in [-0.2, 0) is 0 Å². The predicted octanol–water partition coefficient (Wildman–Crippen LogP) is 13.3. The van der Waals surface area contributed by atoms with Crippen LogP contribution in [0.25, 0.3) is 100 Å². The molecule has 0 atom stereocenters. The monoisotopic (exact) mass is 714 g/mol. The van der Waals surface area contributed by atoms with E-state index in [1.165, 1.54) is 27.3 Å². The van der Waals surface area contributed by atoms with Crippen molar-refractivity contribution in [2.24, 2.45) is 0 Å². The van der Waals surface area contributed by atoms with Gasteiger partial charge in [-0.2, -0.15) is 0 Å². The van der Waals surface area contributed by atoms with E-state index in [1.54, 1.807) is 0 Å². The zero-order chi connectivity index (χ0) is 37.0. The fourth-order valence-electron chi connectivity index (χ4n) is 8.42. The van der Waals surface area contributed by atoms with E-state index in [1.807, 2.05) is 6.07 Å². The molecule has 0 amide bonds. The van der Waals surface area contributed by atoms with Gasteiger partial charge in [0.2, 0.25) is 5.95 Å². The number of hydrogen-bond donors (Lipinski definition) is 0.